The number of hydrogen-bond donors (Lipinski definition) is 5. The van der Waals surface area contributed by atoms with E-state index in [1.807, 2.05) is 86.3 Å². The van der Waals surface area contributed by atoms with Crippen molar-refractivity contribution in [3.63, 3.8) is 0 Å². The van der Waals surface area contributed by atoms with Gasteiger partial charge in [-0.1, -0.05) is 78.9 Å². The first-order valence-electron chi connectivity index (χ1n) is 15.3. The average molecular weight is 630 g/mol. The second-order valence-electron chi connectivity index (χ2n) is 12.5. The lowest BCUT2D eigenvalue weighted by Crippen LogP contribution is -2.57. The second-order valence-corrected chi connectivity index (χ2v) is 12.5. The summed E-state index contributed by atoms with van der Waals surface area (Å²) in [6, 6.07) is 23.2. The van der Waals surface area contributed by atoms with Crippen molar-refractivity contribution >= 4 is 29.5 Å². The molecule has 46 heavy (non-hydrogen) atoms. The second kappa shape index (κ2) is 15.4. The van der Waals surface area contributed by atoms with E-state index in [4.69, 9.17) is 10.5 Å². The van der Waals surface area contributed by atoms with Crippen molar-refractivity contribution in [1.82, 2.24) is 16.0 Å². The zero-order valence-corrected chi connectivity index (χ0v) is 26.4. The molecular formula is C35H43N5O6. The number of carbonyl (C=O) groups is 4. The minimum atomic E-state index is -1.34. The third-order valence-corrected chi connectivity index (χ3v) is 7.59. The van der Waals surface area contributed by atoms with Crippen LogP contribution in [0.2, 0.25) is 0 Å². The number of β-amino-alcohol motifs (C(OH)–C–C–N with tert-alkyl or cyclic N) is 1. The molecule has 3 aromatic rings. The van der Waals surface area contributed by atoms with Crippen molar-refractivity contribution in [1.29, 1.82) is 0 Å². The summed E-state index contributed by atoms with van der Waals surface area (Å²) in [5.74, 6) is -1.68. The molecule has 0 saturated heterocycles. The van der Waals surface area contributed by atoms with Crippen LogP contribution in [0.4, 0.5) is 10.5 Å². The summed E-state index contributed by atoms with van der Waals surface area (Å²) in [7, 11) is 0. The van der Waals surface area contributed by atoms with E-state index in [2.05, 4.69) is 16.0 Å². The van der Waals surface area contributed by atoms with E-state index in [1.54, 1.807) is 24.3 Å². The number of hydrogen-bond acceptors (Lipinski definition) is 7. The Labute approximate surface area is 269 Å². The van der Waals surface area contributed by atoms with Crippen molar-refractivity contribution in [2.24, 2.45) is 5.73 Å². The number of aliphatic hydroxyl groups excluding tert-OH is 1. The monoisotopic (exact) mass is 629 g/mol. The first-order chi connectivity index (χ1) is 21.9. The molecule has 3 aromatic carbocycles. The summed E-state index contributed by atoms with van der Waals surface area (Å²) >= 11 is 0. The smallest absolute Gasteiger partial charge is 0.408 e. The molecule has 0 aromatic heterocycles. The number of alkyl carbamates (subject to hydrolysis) is 1. The maximum atomic E-state index is 13.6. The van der Waals surface area contributed by atoms with E-state index < -0.39 is 54.1 Å². The lowest BCUT2D eigenvalue weighted by molar-refractivity contribution is -0.128. The molecule has 1 aliphatic heterocycles. The van der Waals surface area contributed by atoms with Gasteiger partial charge in [-0.05, 0) is 49.9 Å². The van der Waals surface area contributed by atoms with Gasteiger partial charge in [-0.25, -0.2) is 4.79 Å². The Morgan fingerprint density at radius 3 is 2.15 bits per heavy atom. The van der Waals surface area contributed by atoms with Gasteiger partial charge in [0, 0.05) is 24.2 Å². The highest BCUT2D eigenvalue weighted by Crippen LogP contribution is 2.33. The van der Waals surface area contributed by atoms with Gasteiger partial charge in [0.25, 0.3) is 0 Å². The Morgan fingerprint density at radius 1 is 0.913 bits per heavy atom. The molecular weight excluding hydrogens is 586 g/mol. The number of nitrogens with zero attached hydrogens (tertiary/aromatic N) is 1. The molecule has 0 saturated carbocycles. The maximum Gasteiger partial charge on any atom is 0.408 e. The fraction of sp³-hybridized carbons (Fsp3) is 0.371. The minimum absolute atomic E-state index is 0.0318. The van der Waals surface area contributed by atoms with Crippen molar-refractivity contribution < 1.29 is 29.0 Å². The number of nitrogens with two attached hydrogens (primary N) is 1. The van der Waals surface area contributed by atoms with Gasteiger partial charge in [-0.2, -0.15) is 0 Å². The molecule has 244 valence electrons. The van der Waals surface area contributed by atoms with Gasteiger partial charge in [0.15, 0.2) is 0 Å². The van der Waals surface area contributed by atoms with Gasteiger partial charge >= 0.3 is 6.09 Å². The molecule has 0 aliphatic carbocycles. The number of nitrogens with one attached hydrogen (secondary N) is 3. The van der Waals surface area contributed by atoms with Crippen LogP contribution < -0.4 is 26.6 Å². The van der Waals surface area contributed by atoms with E-state index >= 15 is 0 Å². The summed E-state index contributed by atoms with van der Waals surface area (Å²) in [5.41, 5.74) is 8.37. The van der Waals surface area contributed by atoms with Crippen LogP contribution in [0.5, 0.6) is 0 Å². The fourth-order valence-electron chi connectivity index (χ4n) is 5.44. The van der Waals surface area contributed by atoms with Crippen molar-refractivity contribution in [3.05, 3.63) is 102 Å². The van der Waals surface area contributed by atoms with Crippen LogP contribution in [-0.2, 0) is 38.6 Å². The number of benzene rings is 3. The Morgan fingerprint density at radius 2 is 1.52 bits per heavy atom. The van der Waals surface area contributed by atoms with Gasteiger partial charge in [0.1, 0.15) is 18.7 Å². The first kappa shape index (κ1) is 34.0. The van der Waals surface area contributed by atoms with Crippen molar-refractivity contribution in [2.75, 3.05) is 11.4 Å². The lowest BCUT2D eigenvalue weighted by atomic mass is 9.99. The Bertz CT molecular complexity index is 1490. The summed E-state index contributed by atoms with van der Waals surface area (Å²) in [4.78, 5) is 53.3. The van der Waals surface area contributed by atoms with E-state index in [9.17, 15) is 24.3 Å². The molecule has 11 heteroatoms. The molecule has 1 aliphatic rings. The van der Waals surface area contributed by atoms with Gasteiger partial charge in [-0.15, -0.1) is 0 Å². The molecule has 0 bridgehead atoms. The highest BCUT2D eigenvalue weighted by atomic mass is 16.5. The maximum absolute atomic E-state index is 13.6. The van der Waals surface area contributed by atoms with Crippen LogP contribution in [0.3, 0.4) is 0 Å². The number of aliphatic hydroxyl groups is 1. The summed E-state index contributed by atoms with van der Waals surface area (Å²) in [6.07, 6.45) is -1.82. The Kier molecular flexibility index (Phi) is 11.4. The molecule has 6 N–H and O–H groups in total. The molecule has 1 heterocycles. The third kappa shape index (κ3) is 9.80. The minimum Gasteiger partial charge on any atom is -0.445 e. The van der Waals surface area contributed by atoms with Crippen LogP contribution in [0.1, 0.15) is 43.9 Å². The quantitative estimate of drug-likeness (QED) is 0.194. The van der Waals surface area contributed by atoms with Gasteiger partial charge in [0.2, 0.25) is 17.7 Å². The van der Waals surface area contributed by atoms with E-state index in [-0.39, 0.29) is 25.5 Å². The number of para-hydroxylation sites is 1. The average Bonchev–Trinajstić information content (AvgIpc) is 3.37. The Hall–Kier alpha value is -4.90. The number of amides is 4. The molecule has 0 radical (unpaired) electrons. The van der Waals surface area contributed by atoms with E-state index in [0.29, 0.717) is 6.42 Å². The fourth-order valence-corrected chi connectivity index (χ4v) is 5.44. The van der Waals surface area contributed by atoms with Crippen LogP contribution in [0.15, 0.2) is 84.9 Å². The largest absolute Gasteiger partial charge is 0.445 e. The van der Waals surface area contributed by atoms with Crippen LogP contribution in [0.25, 0.3) is 0 Å². The van der Waals surface area contributed by atoms with E-state index in [1.165, 1.54) is 0 Å². The van der Waals surface area contributed by atoms with Crippen molar-refractivity contribution in [2.45, 2.75) is 76.4 Å². The van der Waals surface area contributed by atoms with Gasteiger partial charge in [-0.3, -0.25) is 14.4 Å². The highest BCUT2D eigenvalue weighted by Gasteiger charge is 2.38. The molecule has 11 nitrogen and oxygen atoms in total. The van der Waals surface area contributed by atoms with Crippen molar-refractivity contribution in [3.8, 4) is 0 Å². The lowest BCUT2D eigenvalue weighted by Gasteiger charge is -2.34. The SMILES string of the molecule is CC(C)(C)NC(=O)[C@@H]1Cc2ccccc2N1C[C@@H](O)[C@H](Cc1ccccc1)NC(=O)[C@H](CC(N)=O)NC(=O)OCc1ccccc1. The van der Waals surface area contributed by atoms with Crippen LogP contribution in [0, 0.1) is 0 Å². The topological polar surface area (TPSA) is 163 Å². The normalized spacial score (nSPS) is 16.0. The molecule has 4 atom stereocenters. The molecule has 0 spiro atoms. The number of anilines is 1. The molecule has 0 fully saturated rings. The number of fused-ring (bicyclic) bond motifs is 1. The summed E-state index contributed by atoms with van der Waals surface area (Å²) < 4.78 is 5.25. The number of carbonyl (C=O) groups excluding carboxylic acids is 4. The molecule has 4 rings (SSSR count). The summed E-state index contributed by atoms with van der Waals surface area (Å²) in [5, 5.41) is 20.0. The molecule has 0 unspecified atom stereocenters. The standard InChI is InChI=1S/C35H43N5O6/c1-35(2,3)39-33(44)29-19-25-16-10-11-17-28(25)40(29)21-30(41)26(18-23-12-6-4-7-13-23)37-32(43)27(20-31(36)42)38-34(45)46-22-24-14-8-5-9-15-24/h4-17,26-27,29-30,41H,18-22H2,1-3H3,(H2,36,42)(H,37,43)(H,38,45)(H,39,44)/t26-,27-,29-,30+/m0/s1. The third-order valence-electron chi connectivity index (χ3n) is 7.59. The predicted octanol–water partition coefficient (Wildman–Crippen LogP) is 2.59. The van der Waals surface area contributed by atoms with Crippen LogP contribution in [-0.4, -0.2) is 65.2 Å². The van der Waals surface area contributed by atoms with E-state index in [0.717, 1.165) is 22.4 Å². The zero-order valence-electron chi connectivity index (χ0n) is 26.4. The molecule has 4 amide bonds. The first-order valence-corrected chi connectivity index (χ1v) is 15.3. The Balaban J connectivity index is 1.53. The number of ether oxygens (including phenoxy) is 1. The number of primary amides is 1. The predicted molar refractivity (Wildman–Crippen MR) is 175 cm³/mol. The van der Waals surface area contributed by atoms with Gasteiger partial charge in [0.05, 0.1) is 18.6 Å². The van der Waals surface area contributed by atoms with Crippen LogP contribution >= 0.6 is 0 Å². The number of rotatable bonds is 13. The van der Waals surface area contributed by atoms with Gasteiger partial charge < -0.3 is 36.4 Å². The highest BCUT2D eigenvalue weighted by molar-refractivity contribution is 5.91. The summed E-state index contributed by atoms with van der Waals surface area (Å²) in [6.45, 7) is 5.72. The zero-order chi connectivity index (χ0) is 33.3.